The predicted molar refractivity (Wildman–Crippen MR) is 75.8 cm³/mol. The monoisotopic (exact) mass is 344 g/mol. The summed E-state index contributed by atoms with van der Waals surface area (Å²) in [6.07, 6.45) is 0. The molecule has 0 aliphatic rings. The first-order chi connectivity index (χ1) is 8.88. The lowest BCUT2D eigenvalue weighted by Gasteiger charge is -2.09. The van der Waals surface area contributed by atoms with Crippen molar-refractivity contribution in [2.24, 2.45) is 0 Å². The molecule has 2 aromatic rings. The van der Waals surface area contributed by atoms with Crippen molar-refractivity contribution < 1.29 is 12.8 Å². The Kier molecular flexibility index (Phi) is 3.77. The van der Waals surface area contributed by atoms with Crippen molar-refractivity contribution in [1.29, 1.82) is 0 Å². The average Bonchev–Trinajstić information content (AvgIpc) is 2.33. The van der Waals surface area contributed by atoms with Gasteiger partial charge in [0, 0.05) is 10.5 Å². The molecule has 0 unspecified atom stereocenters. The maximum Gasteiger partial charge on any atom is 0.261 e. The molecule has 0 heterocycles. The third-order valence-electron chi connectivity index (χ3n) is 2.36. The minimum absolute atomic E-state index is 0.0367. The van der Waals surface area contributed by atoms with Crippen molar-refractivity contribution in [1.82, 2.24) is 0 Å². The van der Waals surface area contributed by atoms with Gasteiger partial charge in [0.2, 0.25) is 0 Å². The van der Waals surface area contributed by atoms with Gasteiger partial charge in [-0.2, -0.15) is 0 Å². The lowest BCUT2D eigenvalue weighted by molar-refractivity contribution is 0.601. The van der Waals surface area contributed by atoms with Gasteiger partial charge in [-0.05, 0) is 30.3 Å². The van der Waals surface area contributed by atoms with Crippen LogP contribution in [0.2, 0.25) is 0 Å². The van der Waals surface area contributed by atoms with Crippen LogP contribution in [0.25, 0.3) is 0 Å². The van der Waals surface area contributed by atoms with Crippen LogP contribution in [0.3, 0.4) is 0 Å². The highest BCUT2D eigenvalue weighted by Gasteiger charge is 2.15. The van der Waals surface area contributed by atoms with Crippen LogP contribution in [-0.2, 0) is 10.0 Å². The van der Waals surface area contributed by atoms with Crippen molar-refractivity contribution >= 4 is 37.3 Å². The molecule has 19 heavy (non-hydrogen) atoms. The van der Waals surface area contributed by atoms with Crippen LogP contribution in [0.5, 0.6) is 0 Å². The number of hydrogen-bond acceptors (Lipinski definition) is 3. The Morgan fingerprint density at radius 1 is 1.16 bits per heavy atom. The quantitative estimate of drug-likeness (QED) is 0.840. The Morgan fingerprint density at radius 3 is 2.53 bits per heavy atom. The van der Waals surface area contributed by atoms with E-state index in [4.69, 9.17) is 5.73 Å². The number of nitrogen functional groups attached to an aromatic ring is 1. The van der Waals surface area contributed by atoms with Crippen LogP contribution in [-0.4, -0.2) is 8.42 Å². The fraction of sp³-hybridized carbons (Fsp3) is 0. The zero-order chi connectivity index (χ0) is 14.0. The molecular weight excluding hydrogens is 335 g/mol. The summed E-state index contributed by atoms with van der Waals surface area (Å²) in [7, 11) is -3.75. The smallest absolute Gasteiger partial charge is 0.261 e. The maximum atomic E-state index is 13.3. The van der Waals surface area contributed by atoms with Crippen molar-refractivity contribution in [2.45, 2.75) is 4.90 Å². The number of nitrogens with one attached hydrogen (secondary N) is 1. The molecule has 0 spiro atoms. The lowest BCUT2D eigenvalue weighted by atomic mass is 10.3. The summed E-state index contributed by atoms with van der Waals surface area (Å²) in [6.45, 7) is 0. The lowest BCUT2D eigenvalue weighted by Crippen LogP contribution is -2.13. The fourth-order valence-electron chi connectivity index (χ4n) is 1.44. The van der Waals surface area contributed by atoms with E-state index in [-0.39, 0.29) is 16.3 Å². The summed E-state index contributed by atoms with van der Waals surface area (Å²) in [5.41, 5.74) is 5.41. The zero-order valence-electron chi connectivity index (χ0n) is 9.60. The Labute approximate surface area is 118 Å². The Bertz CT molecular complexity index is 719. The van der Waals surface area contributed by atoms with Crippen molar-refractivity contribution in [3.8, 4) is 0 Å². The molecule has 0 aromatic heterocycles. The van der Waals surface area contributed by atoms with Gasteiger partial charge < -0.3 is 5.73 Å². The van der Waals surface area contributed by atoms with Crippen molar-refractivity contribution in [3.63, 3.8) is 0 Å². The van der Waals surface area contributed by atoms with Gasteiger partial charge in [0.15, 0.2) is 0 Å². The molecule has 3 N–H and O–H groups in total. The molecule has 7 heteroatoms. The number of hydrogen-bond donors (Lipinski definition) is 2. The van der Waals surface area contributed by atoms with Gasteiger partial charge in [0.1, 0.15) is 5.82 Å². The number of anilines is 2. The number of sulfonamides is 1. The van der Waals surface area contributed by atoms with Crippen LogP contribution in [0.1, 0.15) is 0 Å². The van der Waals surface area contributed by atoms with Gasteiger partial charge in [0.05, 0.1) is 16.3 Å². The van der Waals surface area contributed by atoms with E-state index < -0.39 is 15.8 Å². The molecule has 100 valence electrons. The van der Waals surface area contributed by atoms with Gasteiger partial charge in [-0.25, -0.2) is 12.8 Å². The Balaban J connectivity index is 2.33. The molecular formula is C12H10BrFN2O2S. The number of nitrogens with two attached hydrogens (primary N) is 1. The van der Waals surface area contributed by atoms with Gasteiger partial charge in [-0.3, -0.25) is 4.72 Å². The minimum Gasteiger partial charge on any atom is -0.396 e. The van der Waals surface area contributed by atoms with Crippen molar-refractivity contribution in [2.75, 3.05) is 10.5 Å². The predicted octanol–water partition coefficient (Wildman–Crippen LogP) is 2.97. The van der Waals surface area contributed by atoms with E-state index in [2.05, 4.69) is 20.7 Å². The van der Waals surface area contributed by atoms with Crippen LogP contribution in [0.15, 0.2) is 51.8 Å². The average molecular weight is 345 g/mol. The molecule has 0 fully saturated rings. The first-order valence-corrected chi connectivity index (χ1v) is 7.49. The molecule has 2 aromatic carbocycles. The van der Waals surface area contributed by atoms with Crippen molar-refractivity contribution in [3.05, 3.63) is 52.8 Å². The van der Waals surface area contributed by atoms with Gasteiger partial charge in [0.25, 0.3) is 10.0 Å². The number of benzene rings is 2. The number of rotatable bonds is 3. The molecule has 0 radical (unpaired) electrons. The van der Waals surface area contributed by atoms with Gasteiger partial charge in [-0.1, -0.05) is 22.0 Å². The molecule has 0 saturated carbocycles. The van der Waals surface area contributed by atoms with Gasteiger partial charge in [-0.15, -0.1) is 0 Å². The second-order valence-corrected chi connectivity index (χ2v) is 6.40. The summed E-state index contributed by atoms with van der Waals surface area (Å²) in [5.74, 6) is -0.672. The number of halogens is 2. The Hall–Kier alpha value is -1.60. The summed E-state index contributed by atoms with van der Waals surface area (Å²) in [4.78, 5) is 0.0825. The van der Waals surface area contributed by atoms with E-state index in [9.17, 15) is 12.8 Å². The second-order valence-electron chi connectivity index (χ2n) is 3.80. The van der Waals surface area contributed by atoms with Crippen LogP contribution in [0.4, 0.5) is 15.8 Å². The first kappa shape index (κ1) is 13.8. The van der Waals surface area contributed by atoms with Crippen LogP contribution in [0, 0.1) is 5.82 Å². The van der Waals surface area contributed by atoms with E-state index in [0.29, 0.717) is 4.47 Å². The molecule has 0 aliphatic carbocycles. The summed E-state index contributed by atoms with van der Waals surface area (Å²) >= 11 is 3.19. The molecule has 4 nitrogen and oxygen atoms in total. The molecule has 0 bridgehead atoms. The summed E-state index contributed by atoms with van der Waals surface area (Å²) in [5, 5.41) is 0. The minimum atomic E-state index is -3.75. The fourth-order valence-corrected chi connectivity index (χ4v) is 3.08. The van der Waals surface area contributed by atoms with E-state index in [1.54, 1.807) is 12.1 Å². The third kappa shape index (κ3) is 3.24. The highest BCUT2D eigenvalue weighted by atomic mass is 79.9. The topological polar surface area (TPSA) is 72.2 Å². The molecule has 0 aliphatic heterocycles. The zero-order valence-corrected chi connectivity index (χ0v) is 12.0. The summed E-state index contributed by atoms with van der Waals surface area (Å²) in [6, 6.07) is 9.94. The first-order valence-electron chi connectivity index (χ1n) is 5.22. The van der Waals surface area contributed by atoms with Crippen LogP contribution >= 0.6 is 15.9 Å². The summed E-state index contributed by atoms with van der Waals surface area (Å²) < 4.78 is 40.3. The Morgan fingerprint density at radius 2 is 1.89 bits per heavy atom. The van der Waals surface area contributed by atoms with E-state index in [0.717, 1.165) is 6.07 Å². The molecule has 0 amide bonds. The second kappa shape index (κ2) is 5.18. The highest BCUT2D eigenvalue weighted by Crippen LogP contribution is 2.21. The standard InChI is InChI=1S/C12H10BrFN2O2S/c13-8-2-1-3-10(6-8)19(17,18)16-9-4-5-12(15)11(14)7-9/h1-7,16H,15H2. The molecule has 2 rings (SSSR count). The largest absolute Gasteiger partial charge is 0.396 e. The maximum absolute atomic E-state index is 13.3. The highest BCUT2D eigenvalue weighted by molar-refractivity contribution is 9.10. The van der Waals surface area contributed by atoms with E-state index in [1.807, 2.05) is 0 Å². The van der Waals surface area contributed by atoms with Crippen LogP contribution < -0.4 is 10.5 Å². The molecule has 0 saturated heterocycles. The SMILES string of the molecule is Nc1ccc(NS(=O)(=O)c2cccc(Br)c2)cc1F. The van der Waals surface area contributed by atoms with E-state index in [1.165, 1.54) is 24.3 Å². The van der Waals surface area contributed by atoms with E-state index >= 15 is 0 Å². The normalized spacial score (nSPS) is 11.3. The molecule has 0 atom stereocenters. The van der Waals surface area contributed by atoms with Gasteiger partial charge >= 0.3 is 0 Å². The third-order valence-corrected chi connectivity index (χ3v) is 4.23.